The number of rotatable bonds is 2. The first-order valence-electron chi connectivity index (χ1n) is 6.94. The summed E-state index contributed by atoms with van der Waals surface area (Å²) in [5.41, 5.74) is 2.82. The zero-order valence-corrected chi connectivity index (χ0v) is 13.1. The van der Waals surface area contributed by atoms with Crippen LogP contribution in [0.1, 0.15) is 12.5 Å². The fourth-order valence-electron chi connectivity index (χ4n) is 2.66. The third kappa shape index (κ3) is 2.73. The Morgan fingerprint density at radius 1 is 1.38 bits per heavy atom. The van der Waals surface area contributed by atoms with Crippen LogP contribution in [0.4, 0.5) is 5.82 Å². The Morgan fingerprint density at radius 2 is 2.19 bits per heavy atom. The van der Waals surface area contributed by atoms with Crippen LogP contribution < -0.4 is 4.90 Å². The molecule has 1 atom stereocenters. The predicted molar refractivity (Wildman–Crippen MR) is 81.6 cm³/mol. The highest BCUT2D eigenvalue weighted by Crippen LogP contribution is 2.27. The molecule has 0 amide bonds. The zero-order chi connectivity index (χ0) is 15.0. The van der Waals surface area contributed by atoms with Gasteiger partial charge in [-0.05, 0) is 31.0 Å². The highest BCUT2D eigenvalue weighted by atomic mass is 35.5. The van der Waals surface area contributed by atoms with Crippen molar-refractivity contribution in [3.05, 3.63) is 23.1 Å². The number of anilines is 1. The Balaban J connectivity index is 2.04. The fraction of sp³-hybridized carbons (Fsp3) is 0.500. The van der Waals surface area contributed by atoms with Crippen LogP contribution in [0.5, 0.6) is 0 Å². The molecular formula is C14H18ClN5O. The van der Waals surface area contributed by atoms with E-state index in [1.807, 2.05) is 26.2 Å². The summed E-state index contributed by atoms with van der Waals surface area (Å²) in [6.07, 6.45) is 1.82. The molecule has 1 aliphatic rings. The third-order valence-corrected chi connectivity index (χ3v) is 3.88. The molecule has 3 rings (SSSR count). The minimum Gasteiger partial charge on any atom is -0.377 e. The van der Waals surface area contributed by atoms with E-state index in [9.17, 15) is 0 Å². The molecule has 0 radical (unpaired) electrons. The molecule has 0 unspecified atom stereocenters. The summed E-state index contributed by atoms with van der Waals surface area (Å²) in [5, 5.41) is 4.51. The van der Waals surface area contributed by atoms with Gasteiger partial charge in [0.05, 0.1) is 36.8 Å². The lowest BCUT2D eigenvalue weighted by Gasteiger charge is -2.34. The van der Waals surface area contributed by atoms with Crippen LogP contribution in [-0.4, -0.2) is 45.5 Å². The van der Waals surface area contributed by atoms with Crippen LogP contribution >= 0.6 is 11.6 Å². The van der Waals surface area contributed by atoms with Crippen molar-refractivity contribution < 1.29 is 4.74 Å². The number of morpholine rings is 1. The quantitative estimate of drug-likeness (QED) is 0.795. The molecule has 0 bridgehead atoms. The van der Waals surface area contributed by atoms with Gasteiger partial charge in [0.15, 0.2) is 0 Å². The number of halogens is 1. The Morgan fingerprint density at radius 3 is 2.86 bits per heavy atom. The second kappa shape index (κ2) is 5.61. The average Bonchev–Trinajstić information content (AvgIpc) is 2.78. The number of ether oxygens (including phenoxy) is 1. The van der Waals surface area contributed by atoms with Crippen molar-refractivity contribution in [1.82, 2.24) is 19.7 Å². The summed E-state index contributed by atoms with van der Waals surface area (Å²) in [7, 11) is 1.90. The van der Waals surface area contributed by atoms with Crippen molar-refractivity contribution in [2.45, 2.75) is 19.9 Å². The van der Waals surface area contributed by atoms with Gasteiger partial charge in [0.2, 0.25) is 5.28 Å². The topological polar surface area (TPSA) is 56.1 Å². The van der Waals surface area contributed by atoms with Crippen molar-refractivity contribution in [2.75, 3.05) is 24.7 Å². The molecule has 1 aliphatic heterocycles. The van der Waals surface area contributed by atoms with Crippen molar-refractivity contribution in [2.24, 2.45) is 7.05 Å². The van der Waals surface area contributed by atoms with E-state index in [0.717, 1.165) is 29.3 Å². The average molecular weight is 308 g/mol. The maximum atomic E-state index is 6.13. The van der Waals surface area contributed by atoms with Gasteiger partial charge < -0.3 is 9.64 Å². The highest BCUT2D eigenvalue weighted by molar-refractivity contribution is 6.28. The molecule has 0 saturated carbocycles. The van der Waals surface area contributed by atoms with E-state index in [4.69, 9.17) is 16.3 Å². The lowest BCUT2D eigenvalue weighted by Crippen LogP contribution is -2.44. The molecule has 0 aliphatic carbocycles. The van der Waals surface area contributed by atoms with Crippen molar-refractivity contribution in [3.8, 4) is 11.4 Å². The first-order chi connectivity index (χ1) is 10.1. The molecule has 0 spiro atoms. The molecule has 0 aromatic carbocycles. The number of aryl methyl sites for hydroxylation is 2. The molecule has 1 fully saturated rings. The Kier molecular flexibility index (Phi) is 3.82. The molecule has 6 nitrogen and oxygen atoms in total. The number of nitrogens with zero attached hydrogens (tertiary/aromatic N) is 5. The summed E-state index contributed by atoms with van der Waals surface area (Å²) in [6.45, 7) is 6.32. The van der Waals surface area contributed by atoms with Gasteiger partial charge >= 0.3 is 0 Å². The minimum atomic E-state index is 0.252. The molecule has 3 heterocycles. The molecule has 21 heavy (non-hydrogen) atoms. The zero-order valence-electron chi connectivity index (χ0n) is 12.4. The van der Waals surface area contributed by atoms with E-state index >= 15 is 0 Å². The van der Waals surface area contributed by atoms with Gasteiger partial charge in [-0.15, -0.1) is 0 Å². The number of hydrogen-bond acceptors (Lipinski definition) is 5. The minimum absolute atomic E-state index is 0.252. The van der Waals surface area contributed by atoms with Gasteiger partial charge in [-0.25, -0.2) is 9.97 Å². The first kappa shape index (κ1) is 14.3. The molecule has 1 saturated heterocycles. The van der Waals surface area contributed by atoms with Crippen LogP contribution in [0, 0.1) is 6.92 Å². The molecule has 0 N–H and O–H groups in total. The van der Waals surface area contributed by atoms with E-state index in [2.05, 4.69) is 26.9 Å². The Labute approximate surface area is 128 Å². The summed E-state index contributed by atoms with van der Waals surface area (Å²) in [4.78, 5) is 10.9. The van der Waals surface area contributed by atoms with Gasteiger partial charge in [-0.1, -0.05) is 0 Å². The van der Waals surface area contributed by atoms with Crippen molar-refractivity contribution in [3.63, 3.8) is 0 Å². The molecule has 112 valence electrons. The van der Waals surface area contributed by atoms with Gasteiger partial charge in [0.1, 0.15) is 5.82 Å². The summed E-state index contributed by atoms with van der Waals surface area (Å²) in [5.74, 6) is 0.835. The monoisotopic (exact) mass is 307 g/mol. The van der Waals surface area contributed by atoms with Gasteiger partial charge in [0.25, 0.3) is 0 Å². The summed E-state index contributed by atoms with van der Waals surface area (Å²) in [6, 6.07) is 2.24. The normalized spacial score (nSPS) is 19.0. The highest BCUT2D eigenvalue weighted by Gasteiger charge is 2.22. The SMILES string of the molecule is Cc1cnn(C)c1-c1cc(N2CCOC[C@H]2C)nc(Cl)n1. The van der Waals surface area contributed by atoms with Gasteiger partial charge in [-0.3, -0.25) is 4.68 Å². The predicted octanol–water partition coefficient (Wildman–Crippen LogP) is 2.06. The van der Waals surface area contributed by atoms with Crippen LogP contribution in [-0.2, 0) is 11.8 Å². The molecular weight excluding hydrogens is 290 g/mol. The van der Waals surface area contributed by atoms with Crippen molar-refractivity contribution >= 4 is 17.4 Å². The van der Waals surface area contributed by atoms with E-state index in [0.29, 0.717) is 13.2 Å². The van der Waals surface area contributed by atoms with Crippen LogP contribution in [0.3, 0.4) is 0 Å². The maximum Gasteiger partial charge on any atom is 0.224 e. The van der Waals surface area contributed by atoms with Gasteiger partial charge in [0, 0.05) is 19.7 Å². The lowest BCUT2D eigenvalue weighted by molar-refractivity contribution is 0.0985. The smallest absolute Gasteiger partial charge is 0.224 e. The van der Waals surface area contributed by atoms with Crippen LogP contribution in [0.25, 0.3) is 11.4 Å². The van der Waals surface area contributed by atoms with Gasteiger partial charge in [-0.2, -0.15) is 5.10 Å². The number of hydrogen-bond donors (Lipinski definition) is 0. The first-order valence-corrected chi connectivity index (χ1v) is 7.32. The Bertz CT molecular complexity index is 637. The third-order valence-electron chi connectivity index (χ3n) is 3.71. The molecule has 7 heteroatoms. The molecule has 2 aromatic heterocycles. The van der Waals surface area contributed by atoms with Crippen LogP contribution in [0.2, 0.25) is 5.28 Å². The van der Waals surface area contributed by atoms with Crippen LogP contribution in [0.15, 0.2) is 12.3 Å². The van der Waals surface area contributed by atoms with E-state index in [1.165, 1.54) is 0 Å². The van der Waals surface area contributed by atoms with E-state index in [1.54, 1.807) is 4.68 Å². The molecule has 2 aromatic rings. The number of aromatic nitrogens is 4. The van der Waals surface area contributed by atoms with E-state index in [-0.39, 0.29) is 11.3 Å². The van der Waals surface area contributed by atoms with E-state index < -0.39 is 0 Å². The standard InChI is InChI=1S/C14H18ClN5O/c1-9-7-16-19(3)13(9)11-6-12(18-14(15)17-11)20-4-5-21-8-10(20)2/h6-7,10H,4-5,8H2,1-3H3/t10-/m1/s1. The maximum absolute atomic E-state index is 6.13. The summed E-state index contributed by atoms with van der Waals surface area (Å²) >= 11 is 6.13. The van der Waals surface area contributed by atoms with Crippen molar-refractivity contribution in [1.29, 1.82) is 0 Å². The second-order valence-electron chi connectivity index (χ2n) is 5.30. The second-order valence-corrected chi connectivity index (χ2v) is 5.64. The summed E-state index contributed by atoms with van der Waals surface area (Å²) < 4.78 is 7.28. The Hall–Kier alpha value is -1.66. The fourth-order valence-corrected chi connectivity index (χ4v) is 2.83. The lowest BCUT2D eigenvalue weighted by atomic mass is 10.2. The largest absolute Gasteiger partial charge is 0.377 e.